The van der Waals surface area contributed by atoms with Crippen molar-refractivity contribution in [3.8, 4) is 17.2 Å². The number of aliphatic hydroxyl groups excluding tert-OH is 3. The minimum Gasteiger partial charge on any atom is -0.507 e. The van der Waals surface area contributed by atoms with E-state index in [0.29, 0.717) is 0 Å². The van der Waals surface area contributed by atoms with E-state index in [0.717, 1.165) is 0 Å². The Labute approximate surface area is 271 Å². The Morgan fingerprint density at radius 3 is 2.34 bits per heavy atom. The topological polar surface area (TPSA) is 239 Å². The molecular weight excluding hydrogens is 618 g/mol. The SMILES string of the molecule is CC(O)CC(OC(C)CO)O[C@@H]1[C@H](C)O[C@@H](O[C@H]2CC(O)(C(C)O)Cc3c(O)c4c(c(O)c32)C(=O)c2c(O)cccc2C4=O)C[C@@H]1N. The van der Waals surface area contributed by atoms with Gasteiger partial charge in [0.1, 0.15) is 23.4 Å². The molecule has 0 saturated carbocycles. The van der Waals surface area contributed by atoms with E-state index < -0.39 is 101 Å². The molecule has 0 spiro atoms. The van der Waals surface area contributed by atoms with Crippen LogP contribution in [0.1, 0.15) is 96.0 Å². The van der Waals surface area contributed by atoms with Crippen LogP contribution in [0, 0.1) is 0 Å². The van der Waals surface area contributed by atoms with Crippen LogP contribution in [0.15, 0.2) is 18.2 Å². The van der Waals surface area contributed by atoms with Crippen LogP contribution in [0.2, 0.25) is 0 Å². The van der Waals surface area contributed by atoms with Crippen LogP contribution in [0.5, 0.6) is 17.2 Å². The third kappa shape index (κ3) is 6.49. The number of ether oxygens (including phenoxy) is 4. The minimum atomic E-state index is -1.88. The lowest BCUT2D eigenvalue weighted by atomic mass is 9.71. The van der Waals surface area contributed by atoms with Gasteiger partial charge in [0.25, 0.3) is 0 Å². The summed E-state index contributed by atoms with van der Waals surface area (Å²) < 4.78 is 24.2. The summed E-state index contributed by atoms with van der Waals surface area (Å²) in [5.74, 6) is -3.48. The summed E-state index contributed by atoms with van der Waals surface area (Å²) >= 11 is 0. The number of carbonyl (C=O) groups excluding carboxylic acids is 2. The van der Waals surface area contributed by atoms with E-state index in [2.05, 4.69) is 0 Å². The summed E-state index contributed by atoms with van der Waals surface area (Å²) in [4.78, 5) is 27.1. The Morgan fingerprint density at radius 2 is 1.72 bits per heavy atom. The number of hydrogen-bond donors (Lipinski definition) is 8. The second-order valence-electron chi connectivity index (χ2n) is 12.9. The van der Waals surface area contributed by atoms with Gasteiger partial charge in [-0.3, -0.25) is 9.59 Å². The van der Waals surface area contributed by atoms with Gasteiger partial charge in [-0.2, -0.15) is 0 Å². The standard InChI is InChI=1S/C33H43NO13/c1-13(36)8-22(44-14(2)12-35)47-32-15(3)45-23(9-19(32)34)46-21-11-33(43,16(4)37)10-18-25(21)31(42)27-26(29(18)40)28(39)17-6-5-7-20(38)24(17)30(27)41/h5-7,13-16,19,21-23,32,35-38,40,42-43H,8-12,34H2,1-4H3/t13?,14?,15-,16?,19-,21-,22?,23-,32+,33?/m0/s1. The third-order valence-corrected chi connectivity index (χ3v) is 9.19. The van der Waals surface area contributed by atoms with Gasteiger partial charge in [-0.25, -0.2) is 0 Å². The number of benzene rings is 2. The van der Waals surface area contributed by atoms with Crippen molar-refractivity contribution in [3.05, 3.63) is 51.6 Å². The Balaban J connectivity index is 1.48. The van der Waals surface area contributed by atoms with Crippen molar-refractivity contribution < 1.29 is 64.3 Å². The molecular formula is C33H43NO13. The highest BCUT2D eigenvalue weighted by atomic mass is 16.7. The van der Waals surface area contributed by atoms with E-state index in [-0.39, 0.29) is 54.5 Å². The Bertz CT molecular complexity index is 1510. The first kappa shape index (κ1) is 35.1. The number of phenols is 3. The predicted molar refractivity (Wildman–Crippen MR) is 163 cm³/mol. The average molecular weight is 662 g/mol. The summed E-state index contributed by atoms with van der Waals surface area (Å²) in [5, 5.41) is 74.9. The second-order valence-corrected chi connectivity index (χ2v) is 12.9. The maximum Gasteiger partial charge on any atom is 0.202 e. The number of nitrogens with two attached hydrogens (primary N) is 1. The van der Waals surface area contributed by atoms with Crippen molar-refractivity contribution in [2.24, 2.45) is 5.73 Å². The number of fused-ring (bicyclic) bond motifs is 3. The van der Waals surface area contributed by atoms with E-state index in [1.807, 2.05) is 0 Å². The molecule has 1 saturated heterocycles. The Morgan fingerprint density at radius 1 is 1.04 bits per heavy atom. The lowest BCUT2D eigenvalue weighted by molar-refractivity contribution is -0.286. The monoisotopic (exact) mass is 661 g/mol. The summed E-state index contributed by atoms with van der Waals surface area (Å²) in [6.45, 7) is 5.99. The van der Waals surface area contributed by atoms with Crippen molar-refractivity contribution in [2.45, 2.75) is 114 Å². The average Bonchev–Trinajstić information content (AvgIpc) is 2.98. The smallest absolute Gasteiger partial charge is 0.202 e. The highest BCUT2D eigenvalue weighted by Gasteiger charge is 2.49. The van der Waals surface area contributed by atoms with Gasteiger partial charge in [0.05, 0.1) is 59.4 Å². The molecule has 47 heavy (non-hydrogen) atoms. The third-order valence-electron chi connectivity index (χ3n) is 9.19. The minimum absolute atomic E-state index is 0.0429. The van der Waals surface area contributed by atoms with Gasteiger partial charge in [-0.15, -0.1) is 0 Å². The molecule has 2 aliphatic carbocycles. The molecule has 1 fully saturated rings. The lowest BCUT2D eigenvalue weighted by Crippen LogP contribution is -2.55. The Kier molecular flexibility index (Phi) is 10.0. The number of rotatable bonds is 10. The van der Waals surface area contributed by atoms with Gasteiger partial charge in [0, 0.05) is 48.4 Å². The fraction of sp³-hybridized carbons (Fsp3) is 0.576. The molecule has 258 valence electrons. The first-order chi connectivity index (χ1) is 22.1. The number of aliphatic hydroxyl groups is 4. The first-order valence-corrected chi connectivity index (χ1v) is 15.7. The normalized spacial score (nSPS) is 29.8. The van der Waals surface area contributed by atoms with Crippen LogP contribution in [0.3, 0.4) is 0 Å². The largest absolute Gasteiger partial charge is 0.507 e. The van der Waals surface area contributed by atoms with Crippen molar-refractivity contribution in [1.29, 1.82) is 0 Å². The first-order valence-electron chi connectivity index (χ1n) is 15.7. The molecule has 0 amide bonds. The number of aromatic hydroxyl groups is 3. The number of ketones is 2. The van der Waals surface area contributed by atoms with E-state index in [1.165, 1.54) is 25.1 Å². The molecule has 14 heteroatoms. The molecule has 1 heterocycles. The van der Waals surface area contributed by atoms with E-state index in [4.69, 9.17) is 24.7 Å². The van der Waals surface area contributed by atoms with Gasteiger partial charge in [0.15, 0.2) is 18.4 Å². The Hall–Kier alpha value is -3.18. The fourth-order valence-corrected chi connectivity index (χ4v) is 6.68. The van der Waals surface area contributed by atoms with Crippen molar-refractivity contribution >= 4 is 11.6 Å². The van der Waals surface area contributed by atoms with Crippen LogP contribution in [-0.4, -0.2) is 109 Å². The molecule has 14 nitrogen and oxygen atoms in total. The van der Waals surface area contributed by atoms with Gasteiger partial charge < -0.3 is 60.4 Å². The molecule has 0 aromatic heterocycles. The summed E-state index contributed by atoms with van der Waals surface area (Å²) in [5.41, 5.74) is 3.00. The molecule has 2 aromatic rings. The molecule has 3 aliphatic rings. The zero-order valence-electron chi connectivity index (χ0n) is 26.6. The number of hydrogen-bond acceptors (Lipinski definition) is 14. The van der Waals surface area contributed by atoms with Crippen LogP contribution in [0.4, 0.5) is 0 Å². The molecule has 5 unspecified atom stereocenters. The fourth-order valence-electron chi connectivity index (χ4n) is 6.68. The van der Waals surface area contributed by atoms with Gasteiger partial charge in [0.2, 0.25) is 5.78 Å². The molecule has 0 bridgehead atoms. The molecule has 9 N–H and O–H groups in total. The molecule has 10 atom stereocenters. The van der Waals surface area contributed by atoms with Crippen molar-refractivity contribution in [2.75, 3.05) is 6.61 Å². The quantitative estimate of drug-likeness (QED) is 0.112. The van der Waals surface area contributed by atoms with Gasteiger partial charge >= 0.3 is 0 Å². The van der Waals surface area contributed by atoms with Crippen molar-refractivity contribution in [3.63, 3.8) is 0 Å². The van der Waals surface area contributed by atoms with Crippen LogP contribution in [0.25, 0.3) is 0 Å². The second kappa shape index (κ2) is 13.4. The zero-order chi connectivity index (χ0) is 34.5. The number of phenolic OH excluding ortho intramolecular Hbond substituents is 3. The highest BCUT2D eigenvalue weighted by molar-refractivity contribution is 6.31. The lowest BCUT2D eigenvalue weighted by Gasteiger charge is -2.44. The molecule has 5 rings (SSSR count). The summed E-state index contributed by atoms with van der Waals surface area (Å²) in [7, 11) is 0. The van der Waals surface area contributed by atoms with Crippen molar-refractivity contribution in [1.82, 2.24) is 0 Å². The predicted octanol–water partition coefficient (Wildman–Crippen LogP) is 1.04. The van der Waals surface area contributed by atoms with Gasteiger partial charge in [-0.05, 0) is 33.8 Å². The van der Waals surface area contributed by atoms with E-state index >= 15 is 0 Å². The zero-order valence-corrected chi connectivity index (χ0v) is 26.6. The van der Waals surface area contributed by atoms with E-state index in [9.17, 15) is 45.3 Å². The highest BCUT2D eigenvalue weighted by Crippen LogP contribution is 2.53. The summed E-state index contributed by atoms with van der Waals surface area (Å²) in [6.07, 6.45) is -7.85. The maximum atomic E-state index is 13.6. The van der Waals surface area contributed by atoms with Crippen LogP contribution >= 0.6 is 0 Å². The van der Waals surface area contributed by atoms with Gasteiger partial charge in [-0.1, -0.05) is 12.1 Å². The van der Waals surface area contributed by atoms with Crippen LogP contribution in [-0.2, 0) is 25.4 Å². The van der Waals surface area contributed by atoms with E-state index in [1.54, 1.807) is 20.8 Å². The molecule has 0 radical (unpaired) electrons. The maximum absolute atomic E-state index is 13.6. The summed E-state index contributed by atoms with van der Waals surface area (Å²) in [6, 6.07) is 3.22. The molecule has 2 aromatic carbocycles. The van der Waals surface area contributed by atoms with Crippen LogP contribution < -0.4 is 5.73 Å². The molecule has 1 aliphatic heterocycles. The number of carbonyl (C=O) groups is 2.